The average molecular weight is 401 g/mol. The minimum Gasteiger partial charge on any atom is -0.351 e. The van der Waals surface area contributed by atoms with Crippen LogP contribution in [0.25, 0.3) is 22.3 Å². The van der Waals surface area contributed by atoms with E-state index in [-0.39, 0.29) is 5.91 Å². The number of piperazine rings is 1. The zero-order valence-corrected chi connectivity index (χ0v) is 16.6. The second kappa shape index (κ2) is 8.12. The second-order valence-electron chi connectivity index (χ2n) is 7.53. The summed E-state index contributed by atoms with van der Waals surface area (Å²) in [6.45, 7) is 3.95. The molecule has 3 heterocycles. The van der Waals surface area contributed by atoms with Gasteiger partial charge < -0.3 is 14.4 Å². The Kier molecular flexibility index (Phi) is 5.03. The van der Waals surface area contributed by atoms with Gasteiger partial charge in [-0.15, -0.1) is 0 Å². The molecule has 7 heteroatoms. The van der Waals surface area contributed by atoms with Crippen LogP contribution in [0.3, 0.4) is 0 Å². The van der Waals surface area contributed by atoms with Gasteiger partial charge in [0.25, 0.3) is 5.91 Å². The first kappa shape index (κ1) is 18.6. The monoisotopic (exact) mass is 401 g/mol. The summed E-state index contributed by atoms with van der Waals surface area (Å²) >= 11 is 0. The third-order valence-corrected chi connectivity index (χ3v) is 5.56. The SMILES string of the molecule is O=C(c1cc2ccccc2[nH]1)N1CCN(CCc2nc(-c3ccccc3)no2)CC1. The summed E-state index contributed by atoms with van der Waals surface area (Å²) < 4.78 is 5.40. The van der Waals surface area contributed by atoms with E-state index in [2.05, 4.69) is 20.0 Å². The molecule has 0 bridgehead atoms. The summed E-state index contributed by atoms with van der Waals surface area (Å²) in [7, 11) is 0. The number of carbonyl (C=O) groups is 1. The molecule has 1 fully saturated rings. The Hall–Kier alpha value is -3.45. The van der Waals surface area contributed by atoms with Crippen LogP contribution in [0.4, 0.5) is 0 Å². The molecule has 0 radical (unpaired) electrons. The van der Waals surface area contributed by atoms with Crippen LogP contribution < -0.4 is 0 Å². The Morgan fingerprint density at radius 1 is 1.00 bits per heavy atom. The number of hydrogen-bond donors (Lipinski definition) is 1. The lowest BCUT2D eigenvalue weighted by Gasteiger charge is -2.34. The highest BCUT2D eigenvalue weighted by molar-refractivity contribution is 5.98. The van der Waals surface area contributed by atoms with Crippen molar-refractivity contribution in [1.29, 1.82) is 0 Å². The molecule has 1 amide bonds. The Labute approximate surface area is 174 Å². The molecule has 0 unspecified atom stereocenters. The van der Waals surface area contributed by atoms with Crippen molar-refractivity contribution in [2.24, 2.45) is 0 Å². The quantitative estimate of drug-likeness (QED) is 0.556. The highest BCUT2D eigenvalue weighted by Crippen LogP contribution is 2.18. The molecule has 30 heavy (non-hydrogen) atoms. The van der Waals surface area contributed by atoms with Gasteiger partial charge in [0, 0.05) is 55.6 Å². The second-order valence-corrected chi connectivity index (χ2v) is 7.53. The average Bonchev–Trinajstić information content (AvgIpc) is 3.45. The summed E-state index contributed by atoms with van der Waals surface area (Å²) in [5.74, 6) is 1.33. The van der Waals surface area contributed by atoms with Gasteiger partial charge in [-0.3, -0.25) is 9.69 Å². The molecule has 1 aliphatic heterocycles. The van der Waals surface area contributed by atoms with Gasteiger partial charge in [0.1, 0.15) is 5.69 Å². The molecule has 1 saturated heterocycles. The van der Waals surface area contributed by atoms with Gasteiger partial charge in [-0.25, -0.2) is 0 Å². The molecule has 0 saturated carbocycles. The lowest BCUT2D eigenvalue weighted by atomic mass is 10.2. The number of nitrogens with one attached hydrogen (secondary N) is 1. The molecule has 5 rings (SSSR count). The number of rotatable bonds is 5. The first-order chi connectivity index (χ1) is 14.8. The number of aromatic amines is 1. The van der Waals surface area contributed by atoms with Crippen molar-refractivity contribution in [1.82, 2.24) is 24.9 Å². The van der Waals surface area contributed by atoms with Crippen molar-refractivity contribution in [3.63, 3.8) is 0 Å². The highest BCUT2D eigenvalue weighted by Gasteiger charge is 2.23. The minimum absolute atomic E-state index is 0.0651. The van der Waals surface area contributed by atoms with E-state index in [0.717, 1.165) is 36.1 Å². The minimum atomic E-state index is 0.0651. The Morgan fingerprint density at radius 2 is 1.77 bits per heavy atom. The van der Waals surface area contributed by atoms with Crippen LogP contribution in [0.1, 0.15) is 16.4 Å². The van der Waals surface area contributed by atoms with E-state index < -0.39 is 0 Å². The molecule has 1 N–H and O–H groups in total. The van der Waals surface area contributed by atoms with E-state index in [1.165, 1.54) is 0 Å². The van der Waals surface area contributed by atoms with E-state index in [0.29, 0.717) is 36.9 Å². The summed E-state index contributed by atoms with van der Waals surface area (Å²) in [5, 5.41) is 5.14. The summed E-state index contributed by atoms with van der Waals surface area (Å²) in [6, 6.07) is 19.7. The van der Waals surface area contributed by atoms with Crippen LogP contribution in [-0.2, 0) is 6.42 Å². The Balaban J connectivity index is 1.14. The zero-order valence-electron chi connectivity index (χ0n) is 16.6. The van der Waals surface area contributed by atoms with Crippen LogP contribution >= 0.6 is 0 Å². The number of nitrogens with zero attached hydrogens (tertiary/aromatic N) is 4. The van der Waals surface area contributed by atoms with Crippen LogP contribution in [0.15, 0.2) is 65.2 Å². The Morgan fingerprint density at radius 3 is 2.57 bits per heavy atom. The molecular weight excluding hydrogens is 378 g/mol. The lowest BCUT2D eigenvalue weighted by Crippen LogP contribution is -2.49. The smallest absolute Gasteiger partial charge is 0.270 e. The highest BCUT2D eigenvalue weighted by atomic mass is 16.5. The summed E-state index contributed by atoms with van der Waals surface area (Å²) in [5.41, 5.74) is 2.61. The van der Waals surface area contributed by atoms with E-state index in [1.54, 1.807) is 0 Å². The number of para-hydroxylation sites is 1. The summed E-state index contributed by atoms with van der Waals surface area (Å²) in [6.07, 6.45) is 0.704. The van der Waals surface area contributed by atoms with E-state index in [1.807, 2.05) is 65.6 Å². The standard InChI is InChI=1S/C23H23N5O2/c29-23(20-16-18-8-4-5-9-19(18)24-20)28-14-12-27(13-15-28)11-10-21-25-22(26-30-21)17-6-2-1-3-7-17/h1-9,16,24H,10-15H2. The molecule has 7 nitrogen and oxygen atoms in total. The molecular formula is C23H23N5O2. The third-order valence-electron chi connectivity index (χ3n) is 5.56. The van der Waals surface area contributed by atoms with Crippen molar-refractivity contribution in [3.8, 4) is 11.4 Å². The van der Waals surface area contributed by atoms with Crippen molar-refractivity contribution >= 4 is 16.8 Å². The molecule has 2 aromatic carbocycles. The zero-order chi connectivity index (χ0) is 20.3. The predicted octanol–water partition coefficient (Wildman–Crippen LogP) is 3.22. The van der Waals surface area contributed by atoms with Gasteiger partial charge in [0.05, 0.1) is 0 Å². The molecule has 152 valence electrons. The van der Waals surface area contributed by atoms with Gasteiger partial charge in [0.2, 0.25) is 11.7 Å². The van der Waals surface area contributed by atoms with Crippen molar-refractivity contribution < 1.29 is 9.32 Å². The predicted molar refractivity (Wildman–Crippen MR) is 114 cm³/mol. The number of fused-ring (bicyclic) bond motifs is 1. The molecule has 0 aliphatic carbocycles. The fourth-order valence-electron chi connectivity index (χ4n) is 3.85. The summed E-state index contributed by atoms with van der Waals surface area (Å²) in [4.78, 5) is 24.8. The Bertz CT molecular complexity index is 1110. The van der Waals surface area contributed by atoms with Crippen LogP contribution in [0.5, 0.6) is 0 Å². The number of H-pyrrole nitrogens is 1. The van der Waals surface area contributed by atoms with E-state index in [4.69, 9.17) is 4.52 Å². The number of aromatic nitrogens is 3. The number of carbonyl (C=O) groups excluding carboxylic acids is 1. The first-order valence-corrected chi connectivity index (χ1v) is 10.2. The first-order valence-electron chi connectivity index (χ1n) is 10.2. The number of hydrogen-bond acceptors (Lipinski definition) is 5. The van der Waals surface area contributed by atoms with Crippen molar-refractivity contribution in [2.45, 2.75) is 6.42 Å². The van der Waals surface area contributed by atoms with Gasteiger partial charge >= 0.3 is 0 Å². The maximum absolute atomic E-state index is 12.8. The fraction of sp³-hybridized carbons (Fsp3) is 0.261. The fourth-order valence-corrected chi connectivity index (χ4v) is 3.85. The van der Waals surface area contributed by atoms with Crippen molar-refractivity contribution in [2.75, 3.05) is 32.7 Å². The molecule has 0 spiro atoms. The number of amides is 1. The van der Waals surface area contributed by atoms with Crippen LogP contribution in [0, 0.1) is 0 Å². The third kappa shape index (κ3) is 3.84. The topological polar surface area (TPSA) is 78.3 Å². The van der Waals surface area contributed by atoms with E-state index >= 15 is 0 Å². The van der Waals surface area contributed by atoms with Crippen LogP contribution in [-0.4, -0.2) is 63.6 Å². The molecule has 2 aromatic heterocycles. The maximum Gasteiger partial charge on any atom is 0.270 e. The molecule has 1 aliphatic rings. The number of benzene rings is 2. The van der Waals surface area contributed by atoms with Crippen molar-refractivity contribution in [3.05, 3.63) is 72.2 Å². The van der Waals surface area contributed by atoms with Gasteiger partial charge in [-0.05, 0) is 12.1 Å². The van der Waals surface area contributed by atoms with Gasteiger partial charge in [-0.2, -0.15) is 4.98 Å². The van der Waals surface area contributed by atoms with Gasteiger partial charge in [0.15, 0.2) is 0 Å². The van der Waals surface area contributed by atoms with E-state index in [9.17, 15) is 4.79 Å². The van der Waals surface area contributed by atoms with Gasteiger partial charge in [-0.1, -0.05) is 53.7 Å². The largest absolute Gasteiger partial charge is 0.351 e. The lowest BCUT2D eigenvalue weighted by molar-refractivity contribution is 0.0631. The maximum atomic E-state index is 12.8. The normalized spacial score (nSPS) is 15.0. The molecule has 0 atom stereocenters. The molecule has 4 aromatic rings. The van der Waals surface area contributed by atoms with Crippen LogP contribution in [0.2, 0.25) is 0 Å².